The Morgan fingerprint density at radius 3 is 3.00 bits per heavy atom. The molecule has 0 saturated heterocycles. The van der Waals surface area contributed by atoms with Crippen LogP contribution in [0, 0.1) is 0 Å². The molecule has 0 aromatic carbocycles. The molecule has 3 nitrogen and oxygen atoms in total. The number of halogens is 1. The molecule has 0 atom stereocenters. The third-order valence-electron chi connectivity index (χ3n) is 2.80. The SMILES string of the molecule is CCCc1cc2c(Cl)nc(NC3CC3)nc2s1. The Balaban J connectivity index is 1.98. The van der Waals surface area contributed by atoms with Crippen molar-refractivity contribution in [2.75, 3.05) is 5.32 Å². The van der Waals surface area contributed by atoms with Crippen molar-refractivity contribution in [2.45, 2.75) is 38.6 Å². The maximum absolute atomic E-state index is 6.20. The lowest BCUT2D eigenvalue weighted by Gasteiger charge is -2.02. The van der Waals surface area contributed by atoms with Crippen LogP contribution in [-0.4, -0.2) is 16.0 Å². The smallest absolute Gasteiger partial charge is 0.225 e. The van der Waals surface area contributed by atoms with Gasteiger partial charge in [0, 0.05) is 16.3 Å². The van der Waals surface area contributed by atoms with Gasteiger partial charge in [-0.05, 0) is 25.3 Å². The van der Waals surface area contributed by atoms with E-state index in [0.29, 0.717) is 17.1 Å². The fourth-order valence-electron chi connectivity index (χ4n) is 1.78. The van der Waals surface area contributed by atoms with Crippen molar-refractivity contribution >= 4 is 39.1 Å². The van der Waals surface area contributed by atoms with E-state index in [1.165, 1.54) is 17.7 Å². The summed E-state index contributed by atoms with van der Waals surface area (Å²) in [6.07, 6.45) is 4.66. The number of aromatic nitrogens is 2. The Morgan fingerprint density at radius 2 is 2.29 bits per heavy atom. The first-order valence-corrected chi connectivity index (χ1v) is 7.18. The second-order valence-electron chi connectivity index (χ2n) is 4.44. The molecule has 0 bridgehead atoms. The number of nitrogens with zero attached hydrogens (tertiary/aromatic N) is 2. The molecule has 1 fully saturated rings. The molecule has 0 aliphatic heterocycles. The second-order valence-corrected chi connectivity index (χ2v) is 5.91. The summed E-state index contributed by atoms with van der Waals surface area (Å²) in [6, 6.07) is 2.67. The first-order valence-electron chi connectivity index (χ1n) is 5.98. The van der Waals surface area contributed by atoms with Crippen LogP contribution in [-0.2, 0) is 6.42 Å². The van der Waals surface area contributed by atoms with E-state index in [0.717, 1.165) is 23.1 Å². The maximum atomic E-state index is 6.20. The average Bonchev–Trinajstić information content (AvgIpc) is 2.98. The van der Waals surface area contributed by atoms with Gasteiger partial charge >= 0.3 is 0 Å². The van der Waals surface area contributed by atoms with Gasteiger partial charge < -0.3 is 5.32 Å². The summed E-state index contributed by atoms with van der Waals surface area (Å²) in [4.78, 5) is 11.2. The van der Waals surface area contributed by atoms with Crippen LogP contribution in [0.25, 0.3) is 10.2 Å². The minimum absolute atomic E-state index is 0.554. The predicted octanol–water partition coefficient (Wildman–Crippen LogP) is 3.87. The molecule has 1 aliphatic carbocycles. The van der Waals surface area contributed by atoms with E-state index in [4.69, 9.17) is 11.6 Å². The van der Waals surface area contributed by atoms with E-state index < -0.39 is 0 Å². The summed E-state index contributed by atoms with van der Waals surface area (Å²) >= 11 is 7.92. The zero-order valence-electron chi connectivity index (χ0n) is 9.66. The van der Waals surface area contributed by atoms with Crippen LogP contribution in [0.15, 0.2) is 6.07 Å². The van der Waals surface area contributed by atoms with Crippen LogP contribution in [0.4, 0.5) is 5.95 Å². The zero-order valence-corrected chi connectivity index (χ0v) is 11.2. The van der Waals surface area contributed by atoms with Crippen LogP contribution in [0.1, 0.15) is 31.1 Å². The van der Waals surface area contributed by atoms with Crippen LogP contribution in [0.5, 0.6) is 0 Å². The van der Waals surface area contributed by atoms with Gasteiger partial charge in [0.15, 0.2) is 0 Å². The third kappa shape index (κ3) is 2.38. The maximum Gasteiger partial charge on any atom is 0.225 e. The molecule has 0 radical (unpaired) electrons. The zero-order chi connectivity index (χ0) is 11.8. The molecular formula is C12H14ClN3S. The lowest BCUT2D eigenvalue weighted by Crippen LogP contribution is -2.04. The normalized spacial score (nSPS) is 15.4. The van der Waals surface area contributed by atoms with Gasteiger partial charge in [-0.2, -0.15) is 0 Å². The summed E-state index contributed by atoms with van der Waals surface area (Å²) in [5.41, 5.74) is 0. The Labute approximate surface area is 109 Å². The highest BCUT2D eigenvalue weighted by atomic mass is 35.5. The van der Waals surface area contributed by atoms with Crippen molar-refractivity contribution in [3.05, 3.63) is 16.1 Å². The summed E-state index contributed by atoms with van der Waals surface area (Å²) in [5.74, 6) is 0.676. The van der Waals surface area contributed by atoms with Crippen molar-refractivity contribution in [3.63, 3.8) is 0 Å². The fraction of sp³-hybridized carbons (Fsp3) is 0.500. The van der Waals surface area contributed by atoms with Gasteiger partial charge in [0.25, 0.3) is 0 Å². The lowest BCUT2D eigenvalue weighted by molar-refractivity contribution is 0.940. The quantitative estimate of drug-likeness (QED) is 0.855. The summed E-state index contributed by atoms with van der Waals surface area (Å²) < 4.78 is 0. The highest BCUT2D eigenvalue weighted by Crippen LogP contribution is 2.31. The van der Waals surface area contributed by atoms with E-state index in [9.17, 15) is 0 Å². The molecule has 5 heteroatoms. The number of hydrogen-bond donors (Lipinski definition) is 1. The van der Waals surface area contributed by atoms with Crippen molar-refractivity contribution in [1.82, 2.24) is 9.97 Å². The minimum Gasteiger partial charge on any atom is -0.351 e. The molecule has 2 aromatic rings. The molecule has 2 aromatic heterocycles. The van der Waals surface area contributed by atoms with Gasteiger partial charge in [-0.25, -0.2) is 9.97 Å². The first-order chi connectivity index (χ1) is 8.26. The van der Waals surface area contributed by atoms with Gasteiger partial charge in [0.05, 0.1) is 0 Å². The van der Waals surface area contributed by atoms with Crippen LogP contribution < -0.4 is 5.32 Å². The number of nitrogens with one attached hydrogen (secondary N) is 1. The second kappa shape index (κ2) is 4.42. The largest absolute Gasteiger partial charge is 0.351 e. The number of fused-ring (bicyclic) bond motifs is 1. The fourth-order valence-corrected chi connectivity index (χ4v) is 3.19. The van der Waals surface area contributed by atoms with E-state index in [-0.39, 0.29) is 0 Å². The lowest BCUT2D eigenvalue weighted by atomic mass is 10.3. The van der Waals surface area contributed by atoms with Gasteiger partial charge in [-0.3, -0.25) is 0 Å². The van der Waals surface area contributed by atoms with Crippen molar-refractivity contribution in [1.29, 1.82) is 0 Å². The monoisotopic (exact) mass is 267 g/mol. The van der Waals surface area contributed by atoms with Crippen molar-refractivity contribution < 1.29 is 0 Å². The topological polar surface area (TPSA) is 37.8 Å². The molecule has 1 N–H and O–H groups in total. The Hall–Kier alpha value is -0.870. The average molecular weight is 268 g/mol. The van der Waals surface area contributed by atoms with Gasteiger partial charge in [0.2, 0.25) is 5.95 Å². The Morgan fingerprint density at radius 1 is 1.47 bits per heavy atom. The van der Waals surface area contributed by atoms with Gasteiger partial charge in [0.1, 0.15) is 9.98 Å². The number of rotatable bonds is 4. The molecule has 3 rings (SSSR count). The summed E-state index contributed by atoms with van der Waals surface area (Å²) in [7, 11) is 0. The predicted molar refractivity (Wildman–Crippen MR) is 73.1 cm³/mol. The van der Waals surface area contributed by atoms with E-state index in [1.807, 2.05) is 0 Å². The minimum atomic E-state index is 0.554. The molecule has 2 heterocycles. The third-order valence-corrected chi connectivity index (χ3v) is 4.18. The Bertz CT molecular complexity index is 548. The number of aryl methyl sites for hydroxylation is 1. The molecule has 1 aliphatic rings. The van der Waals surface area contributed by atoms with E-state index in [2.05, 4.69) is 28.3 Å². The van der Waals surface area contributed by atoms with Crippen molar-refractivity contribution in [3.8, 4) is 0 Å². The Kier molecular flexibility index (Phi) is 2.92. The molecule has 0 spiro atoms. The molecule has 0 unspecified atom stereocenters. The standard InChI is InChI=1S/C12H14ClN3S/c1-2-3-8-6-9-10(13)15-12(14-7-4-5-7)16-11(9)17-8/h6-7H,2-5H2,1H3,(H,14,15,16). The summed E-state index contributed by atoms with van der Waals surface area (Å²) in [5, 5.41) is 4.84. The van der Waals surface area contributed by atoms with Gasteiger partial charge in [-0.1, -0.05) is 24.9 Å². The van der Waals surface area contributed by atoms with Crippen LogP contribution >= 0.6 is 22.9 Å². The number of thiophene rings is 1. The number of hydrogen-bond acceptors (Lipinski definition) is 4. The van der Waals surface area contributed by atoms with E-state index >= 15 is 0 Å². The molecule has 17 heavy (non-hydrogen) atoms. The molecule has 0 amide bonds. The van der Waals surface area contributed by atoms with Crippen LogP contribution in [0.2, 0.25) is 5.15 Å². The molecule has 90 valence electrons. The molecular weight excluding hydrogens is 254 g/mol. The van der Waals surface area contributed by atoms with Gasteiger partial charge in [-0.15, -0.1) is 11.3 Å². The molecule has 1 saturated carbocycles. The number of anilines is 1. The highest BCUT2D eigenvalue weighted by molar-refractivity contribution is 7.18. The van der Waals surface area contributed by atoms with E-state index in [1.54, 1.807) is 11.3 Å². The van der Waals surface area contributed by atoms with Crippen LogP contribution in [0.3, 0.4) is 0 Å². The summed E-state index contributed by atoms with van der Waals surface area (Å²) in [6.45, 7) is 2.18. The first kappa shape index (κ1) is 11.2. The van der Waals surface area contributed by atoms with Crippen molar-refractivity contribution in [2.24, 2.45) is 0 Å². The highest BCUT2D eigenvalue weighted by Gasteiger charge is 2.22.